The molecular weight excluding hydrogens is 330 g/mol. The Morgan fingerprint density at radius 2 is 2.19 bits per heavy atom. The number of methoxy groups -OCH3 is 1. The van der Waals surface area contributed by atoms with Crippen LogP contribution in [0.2, 0.25) is 0 Å². The van der Waals surface area contributed by atoms with E-state index in [1.54, 1.807) is 7.11 Å². The van der Waals surface area contributed by atoms with Crippen LogP contribution in [-0.2, 0) is 0 Å². The summed E-state index contributed by atoms with van der Waals surface area (Å²) in [5.41, 5.74) is 0.716. The van der Waals surface area contributed by atoms with Crippen LogP contribution in [0.1, 0.15) is 36.0 Å². The molecule has 0 heterocycles. The third kappa shape index (κ3) is 2.96. The van der Waals surface area contributed by atoms with Gasteiger partial charge in [-0.1, -0.05) is 6.42 Å². The highest BCUT2D eigenvalue weighted by Gasteiger charge is 2.40. The predicted molar refractivity (Wildman–Crippen MR) is 86.6 cm³/mol. The quantitative estimate of drug-likeness (QED) is 0.821. The lowest BCUT2D eigenvalue weighted by Gasteiger charge is -2.27. The second kappa shape index (κ2) is 5.99. The van der Waals surface area contributed by atoms with Crippen molar-refractivity contribution < 1.29 is 9.53 Å². The minimum Gasteiger partial charge on any atom is -0.496 e. The summed E-state index contributed by atoms with van der Waals surface area (Å²) in [7, 11) is 3.55. The van der Waals surface area contributed by atoms with Crippen molar-refractivity contribution in [3.8, 4) is 5.75 Å². The van der Waals surface area contributed by atoms with E-state index in [0.717, 1.165) is 28.6 Å². The number of benzene rings is 1. The standard InChI is InChI=1S/C17H22BrNO2/c1-19(10-14-8-11-3-4-12(14)7-11)17(20)13-5-6-16(21-2)15(18)9-13/h5-6,9,11-12,14H,3-4,7-8,10H2,1-2H3. The second-order valence-corrected chi connectivity index (χ2v) is 7.32. The van der Waals surface area contributed by atoms with Crippen molar-refractivity contribution in [2.75, 3.05) is 20.7 Å². The van der Waals surface area contributed by atoms with Gasteiger partial charge in [0.2, 0.25) is 0 Å². The van der Waals surface area contributed by atoms with E-state index in [1.165, 1.54) is 25.7 Å². The minimum absolute atomic E-state index is 0.0983. The van der Waals surface area contributed by atoms with Gasteiger partial charge in [0.15, 0.2) is 0 Å². The van der Waals surface area contributed by atoms with E-state index in [4.69, 9.17) is 4.74 Å². The Kier molecular flexibility index (Phi) is 4.25. The van der Waals surface area contributed by atoms with Crippen molar-refractivity contribution in [1.82, 2.24) is 4.90 Å². The third-order valence-electron chi connectivity index (χ3n) is 5.14. The van der Waals surface area contributed by atoms with Gasteiger partial charge in [-0.15, -0.1) is 0 Å². The fourth-order valence-corrected chi connectivity index (χ4v) is 4.60. The van der Waals surface area contributed by atoms with Gasteiger partial charge in [-0.2, -0.15) is 0 Å². The summed E-state index contributed by atoms with van der Waals surface area (Å²) in [5.74, 6) is 3.34. The average molecular weight is 352 g/mol. The molecule has 0 aromatic heterocycles. The SMILES string of the molecule is COc1ccc(C(=O)N(C)CC2CC3CCC2C3)cc1Br. The maximum atomic E-state index is 12.6. The lowest BCUT2D eigenvalue weighted by Crippen LogP contribution is -2.33. The molecule has 4 heteroatoms. The molecule has 3 atom stereocenters. The monoisotopic (exact) mass is 351 g/mol. The van der Waals surface area contributed by atoms with Crippen LogP contribution in [0, 0.1) is 17.8 Å². The molecule has 1 aromatic rings. The highest BCUT2D eigenvalue weighted by atomic mass is 79.9. The molecule has 0 N–H and O–H groups in total. The molecule has 0 aliphatic heterocycles. The fraction of sp³-hybridized carbons (Fsp3) is 0.588. The van der Waals surface area contributed by atoms with Crippen molar-refractivity contribution in [2.24, 2.45) is 17.8 Å². The number of nitrogens with zero attached hydrogens (tertiary/aromatic N) is 1. The first-order chi connectivity index (χ1) is 10.1. The Morgan fingerprint density at radius 1 is 1.38 bits per heavy atom. The normalized spacial score (nSPS) is 26.9. The van der Waals surface area contributed by atoms with E-state index in [1.807, 2.05) is 30.1 Å². The largest absolute Gasteiger partial charge is 0.496 e. The highest BCUT2D eigenvalue weighted by molar-refractivity contribution is 9.10. The van der Waals surface area contributed by atoms with Crippen molar-refractivity contribution >= 4 is 21.8 Å². The number of hydrogen-bond acceptors (Lipinski definition) is 2. The summed E-state index contributed by atoms with van der Waals surface area (Å²) in [5, 5.41) is 0. The molecule has 0 spiro atoms. The van der Waals surface area contributed by atoms with E-state index in [0.29, 0.717) is 11.5 Å². The van der Waals surface area contributed by atoms with Gasteiger partial charge in [-0.25, -0.2) is 0 Å². The number of amides is 1. The molecule has 3 rings (SSSR count). The Balaban J connectivity index is 1.65. The van der Waals surface area contributed by atoms with E-state index in [9.17, 15) is 4.79 Å². The zero-order valence-corrected chi connectivity index (χ0v) is 14.2. The molecule has 0 radical (unpaired) electrons. The lowest BCUT2D eigenvalue weighted by molar-refractivity contribution is 0.0754. The summed E-state index contributed by atoms with van der Waals surface area (Å²) < 4.78 is 6.03. The van der Waals surface area contributed by atoms with Crippen LogP contribution in [0.4, 0.5) is 0 Å². The number of ether oxygens (including phenoxy) is 1. The summed E-state index contributed by atoms with van der Waals surface area (Å²) in [6.07, 6.45) is 5.48. The first kappa shape index (κ1) is 14.9. The zero-order valence-electron chi connectivity index (χ0n) is 12.6. The van der Waals surface area contributed by atoms with E-state index in [2.05, 4.69) is 15.9 Å². The van der Waals surface area contributed by atoms with Crippen LogP contribution >= 0.6 is 15.9 Å². The molecule has 2 saturated carbocycles. The maximum absolute atomic E-state index is 12.6. The van der Waals surface area contributed by atoms with Gasteiger partial charge >= 0.3 is 0 Å². The van der Waals surface area contributed by atoms with E-state index < -0.39 is 0 Å². The lowest BCUT2D eigenvalue weighted by atomic mass is 9.88. The van der Waals surface area contributed by atoms with Crippen LogP contribution in [0.3, 0.4) is 0 Å². The number of carbonyl (C=O) groups is 1. The summed E-state index contributed by atoms with van der Waals surface area (Å²) in [4.78, 5) is 14.4. The molecule has 0 saturated heterocycles. The molecule has 3 unspecified atom stereocenters. The zero-order chi connectivity index (χ0) is 15.0. The Labute approximate surface area is 134 Å². The molecular formula is C17H22BrNO2. The number of halogens is 1. The van der Waals surface area contributed by atoms with Gasteiger partial charge in [0, 0.05) is 19.2 Å². The van der Waals surface area contributed by atoms with Gasteiger partial charge in [0.1, 0.15) is 5.75 Å². The first-order valence-corrected chi connectivity index (χ1v) is 8.46. The fourth-order valence-electron chi connectivity index (χ4n) is 4.05. The molecule has 2 fully saturated rings. The average Bonchev–Trinajstić information content (AvgIpc) is 3.08. The van der Waals surface area contributed by atoms with E-state index >= 15 is 0 Å². The van der Waals surface area contributed by atoms with Crippen molar-refractivity contribution in [2.45, 2.75) is 25.7 Å². The number of fused-ring (bicyclic) bond motifs is 2. The smallest absolute Gasteiger partial charge is 0.253 e. The molecule has 3 nitrogen and oxygen atoms in total. The predicted octanol–water partition coefficient (Wildman–Crippen LogP) is 3.97. The minimum atomic E-state index is 0.0983. The van der Waals surface area contributed by atoms with Crippen molar-refractivity contribution in [3.05, 3.63) is 28.2 Å². The van der Waals surface area contributed by atoms with Crippen LogP contribution < -0.4 is 4.74 Å². The van der Waals surface area contributed by atoms with Crippen molar-refractivity contribution in [1.29, 1.82) is 0 Å². The van der Waals surface area contributed by atoms with Gasteiger partial charge in [0.25, 0.3) is 5.91 Å². The number of hydrogen-bond donors (Lipinski definition) is 0. The Hall–Kier alpha value is -1.03. The summed E-state index contributed by atoms with van der Waals surface area (Å²) in [6, 6.07) is 5.52. The third-order valence-corrected chi connectivity index (χ3v) is 5.76. The Morgan fingerprint density at radius 3 is 2.76 bits per heavy atom. The van der Waals surface area contributed by atoms with Crippen LogP contribution in [0.5, 0.6) is 5.75 Å². The Bertz CT molecular complexity index is 546. The number of carbonyl (C=O) groups excluding carboxylic acids is 1. The van der Waals surface area contributed by atoms with E-state index in [-0.39, 0.29) is 5.91 Å². The summed E-state index contributed by atoms with van der Waals surface area (Å²) >= 11 is 3.44. The summed E-state index contributed by atoms with van der Waals surface area (Å²) in [6.45, 7) is 0.893. The number of rotatable bonds is 4. The topological polar surface area (TPSA) is 29.5 Å². The molecule has 2 aliphatic carbocycles. The second-order valence-electron chi connectivity index (χ2n) is 6.47. The molecule has 2 aliphatic rings. The highest BCUT2D eigenvalue weighted by Crippen LogP contribution is 2.48. The van der Waals surface area contributed by atoms with Crippen molar-refractivity contribution in [3.63, 3.8) is 0 Å². The molecule has 1 aromatic carbocycles. The van der Waals surface area contributed by atoms with Gasteiger partial charge in [-0.3, -0.25) is 4.79 Å². The van der Waals surface area contributed by atoms with Crippen LogP contribution in [0.15, 0.2) is 22.7 Å². The molecule has 114 valence electrons. The van der Waals surface area contributed by atoms with Crippen LogP contribution in [-0.4, -0.2) is 31.5 Å². The maximum Gasteiger partial charge on any atom is 0.253 e. The van der Waals surface area contributed by atoms with Gasteiger partial charge in [-0.05, 0) is 71.1 Å². The van der Waals surface area contributed by atoms with Crippen LogP contribution in [0.25, 0.3) is 0 Å². The molecule has 21 heavy (non-hydrogen) atoms. The first-order valence-electron chi connectivity index (χ1n) is 7.67. The van der Waals surface area contributed by atoms with Gasteiger partial charge < -0.3 is 9.64 Å². The molecule has 2 bridgehead atoms. The van der Waals surface area contributed by atoms with Gasteiger partial charge in [0.05, 0.1) is 11.6 Å². The molecule has 1 amide bonds.